The van der Waals surface area contributed by atoms with Gasteiger partial charge in [-0.3, -0.25) is 4.79 Å². The summed E-state index contributed by atoms with van der Waals surface area (Å²) in [6.07, 6.45) is 2.19. The molecule has 8 nitrogen and oxygen atoms in total. The summed E-state index contributed by atoms with van der Waals surface area (Å²) < 4.78 is 6.59. The van der Waals surface area contributed by atoms with Crippen molar-refractivity contribution in [3.05, 3.63) is 71.5 Å². The molecule has 0 saturated heterocycles. The van der Waals surface area contributed by atoms with Crippen molar-refractivity contribution in [1.82, 2.24) is 25.5 Å². The van der Waals surface area contributed by atoms with E-state index in [-0.39, 0.29) is 18.6 Å². The molecule has 0 unspecified atom stereocenters. The van der Waals surface area contributed by atoms with Crippen LogP contribution in [-0.2, 0) is 9.53 Å². The number of amides is 1. The Labute approximate surface area is 162 Å². The Kier molecular flexibility index (Phi) is 6.11. The van der Waals surface area contributed by atoms with E-state index in [1.807, 2.05) is 38.1 Å². The van der Waals surface area contributed by atoms with Gasteiger partial charge in [-0.1, -0.05) is 36.8 Å². The fourth-order valence-electron chi connectivity index (χ4n) is 2.70. The van der Waals surface area contributed by atoms with E-state index in [0.29, 0.717) is 11.3 Å². The van der Waals surface area contributed by atoms with Crippen molar-refractivity contribution in [3.8, 4) is 5.69 Å². The van der Waals surface area contributed by atoms with Crippen molar-refractivity contribution in [2.45, 2.75) is 26.3 Å². The van der Waals surface area contributed by atoms with Gasteiger partial charge in [-0.15, -0.1) is 5.10 Å². The molecule has 0 aliphatic rings. The second kappa shape index (κ2) is 8.90. The molecule has 1 atom stereocenters. The standard InChI is InChI=1S/C20H21N5O3/c1-3-18(15-6-4-14(2)5-7-15)22-19(26)12-28-20(27)16-8-10-17(11-9-16)25-13-21-23-24-25/h4-11,13,18H,3,12H2,1-2H3,(H,22,26)/t18-/m0/s1. The minimum absolute atomic E-state index is 0.123. The average molecular weight is 379 g/mol. The molecule has 1 heterocycles. The molecule has 0 spiro atoms. The van der Waals surface area contributed by atoms with E-state index in [1.165, 1.54) is 11.0 Å². The summed E-state index contributed by atoms with van der Waals surface area (Å²) in [6.45, 7) is 3.66. The first-order valence-electron chi connectivity index (χ1n) is 8.93. The van der Waals surface area contributed by atoms with E-state index >= 15 is 0 Å². The predicted octanol–water partition coefficient (Wildman–Crippen LogP) is 2.40. The number of nitrogens with one attached hydrogen (secondary N) is 1. The van der Waals surface area contributed by atoms with E-state index in [4.69, 9.17) is 4.74 Å². The molecule has 3 rings (SSSR count). The Morgan fingerprint density at radius 2 is 1.82 bits per heavy atom. The Morgan fingerprint density at radius 3 is 2.43 bits per heavy atom. The maximum absolute atomic E-state index is 12.2. The topological polar surface area (TPSA) is 99.0 Å². The van der Waals surface area contributed by atoms with Crippen molar-refractivity contribution in [3.63, 3.8) is 0 Å². The maximum atomic E-state index is 12.2. The van der Waals surface area contributed by atoms with Gasteiger partial charge in [-0.05, 0) is 53.6 Å². The number of carbonyl (C=O) groups is 2. The monoisotopic (exact) mass is 379 g/mol. The molecule has 8 heteroatoms. The first-order valence-corrected chi connectivity index (χ1v) is 8.93. The largest absolute Gasteiger partial charge is 0.452 e. The zero-order valence-corrected chi connectivity index (χ0v) is 15.7. The Bertz CT molecular complexity index is 921. The highest BCUT2D eigenvalue weighted by atomic mass is 16.5. The fraction of sp³-hybridized carbons (Fsp3) is 0.250. The molecule has 0 saturated carbocycles. The van der Waals surface area contributed by atoms with Gasteiger partial charge in [0.2, 0.25) is 0 Å². The lowest BCUT2D eigenvalue weighted by atomic mass is 10.0. The van der Waals surface area contributed by atoms with Crippen LogP contribution in [0.4, 0.5) is 0 Å². The highest BCUT2D eigenvalue weighted by Crippen LogP contribution is 2.17. The molecule has 0 fully saturated rings. The van der Waals surface area contributed by atoms with Crippen LogP contribution in [0, 0.1) is 6.92 Å². The second-order valence-electron chi connectivity index (χ2n) is 6.32. The number of ether oxygens (including phenoxy) is 1. The number of benzene rings is 2. The van der Waals surface area contributed by atoms with Crippen LogP contribution in [0.3, 0.4) is 0 Å². The number of hydrogen-bond donors (Lipinski definition) is 1. The molecule has 0 aliphatic carbocycles. The third kappa shape index (κ3) is 4.79. The number of carbonyl (C=O) groups excluding carboxylic acids is 2. The number of tetrazole rings is 1. The van der Waals surface area contributed by atoms with Gasteiger partial charge in [0.1, 0.15) is 6.33 Å². The van der Waals surface area contributed by atoms with Gasteiger partial charge in [0.05, 0.1) is 17.3 Å². The van der Waals surface area contributed by atoms with Gasteiger partial charge in [0.25, 0.3) is 5.91 Å². The third-order valence-corrected chi connectivity index (χ3v) is 4.27. The van der Waals surface area contributed by atoms with Gasteiger partial charge in [-0.2, -0.15) is 0 Å². The summed E-state index contributed by atoms with van der Waals surface area (Å²) in [7, 11) is 0. The van der Waals surface area contributed by atoms with Crippen LogP contribution in [0.25, 0.3) is 5.69 Å². The van der Waals surface area contributed by atoms with Gasteiger partial charge < -0.3 is 10.1 Å². The lowest BCUT2D eigenvalue weighted by Crippen LogP contribution is -2.32. The number of rotatable bonds is 7. The lowest BCUT2D eigenvalue weighted by Gasteiger charge is -2.17. The third-order valence-electron chi connectivity index (χ3n) is 4.27. The van der Waals surface area contributed by atoms with Crippen molar-refractivity contribution >= 4 is 11.9 Å². The molecule has 28 heavy (non-hydrogen) atoms. The Morgan fingerprint density at radius 1 is 1.11 bits per heavy atom. The smallest absolute Gasteiger partial charge is 0.338 e. The van der Waals surface area contributed by atoms with Gasteiger partial charge in [0.15, 0.2) is 6.61 Å². The molecule has 1 N–H and O–H groups in total. The van der Waals surface area contributed by atoms with Crippen LogP contribution in [0.1, 0.15) is 40.9 Å². The quantitative estimate of drug-likeness (QED) is 0.633. The zero-order chi connectivity index (χ0) is 19.9. The normalized spacial score (nSPS) is 11.6. The fourth-order valence-corrected chi connectivity index (χ4v) is 2.70. The minimum atomic E-state index is -0.568. The summed E-state index contributed by atoms with van der Waals surface area (Å²) in [6, 6.07) is 14.4. The molecular weight excluding hydrogens is 358 g/mol. The van der Waals surface area contributed by atoms with Crippen molar-refractivity contribution < 1.29 is 14.3 Å². The highest BCUT2D eigenvalue weighted by molar-refractivity contribution is 5.91. The van der Waals surface area contributed by atoms with E-state index in [1.54, 1.807) is 24.3 Å². The second-order valence-corrected chi connectivity index (χ2v) is 6.32. The number of aryl methyl sites for hydroxylation is 1. The van der Waals surface area contributed by atoms with Crippen LogP contribution in [0.2, 0.25) is 0 Å². The SMILES string of the molecule is CC[C@H](NC(=O)COC(=O)c1ccc(-n2cnnn2)cc1)c1ccc(C)cc1. The summed E-state index contributed by atoms with van der Waals surface area (Å²) in [4.78, 5) is 24.3. The van der Waals surface area contributed by atoms with E-state index in [2.05, 4.69) is 20.8 Å². The summed E-state index contributed by atoms with van der Waals surface area (Å²) in [5.41, 5.74) is 3.23. The Balaban J connectivity index is 1.53. The summed E-state index contributed by atoms with van der Waals surface area (Å²) >= 11 is 0. The maximum Gasteiger partial charge on any atom is 0.338 e. The zero-order valence-electron chi connectivity index (χ0n) is 15.7. The van der Waals surface area contributed by atoms with Crippen LogP contribution < -0.4 is 5.32 Å². The molecule has 144 valence electrons. The first kappa shape index (κ1) is 19.2. The number of nitrogens with zero attached hydrogens (tertiary/aromatic N) is 4. The van der Waals surface area contributed by atoms with Crippen LogP contribution in [-0.4, -0.2) is 38.7 Å². The van der Waals surface area contributed by atoms with Crippen LogP contribution in [0.15, 0.2) is 54.9 Å². The summed E-state index contributed by atoms with van der Waals surface area (Å²) in [5, 5.41) is 13.8. The highest BCUT2D eigenvalue weighted by Gasteiger charge is 2.15. The van der Waals surface area contributed by atoms with Gasteiger partial charge in [0, 0.05) is 0 Å². The summed E-state index contributed by atoms with van der Waals surface area (Å²) in [5.74, 6) is -0.909. The van der Waals surface area contributed by atoms with Crippen LogP contribution >= 0.6 is 0 Å². The van der Waals surface area contributed by atoms with E-state index in [0.717, 1.165) is 17.5 Å². The first-order chi connectivity index (χ1) is 13.6. The molecule has 1 amide bonds. The van der Waals surface area contributed by atoms with E-state index < -0.39 is 5.97 Å². The molecule has 0 aliphatic heterocycles. The number of hydrogen-bond acceptors (Lipinski definition) is 6. The molecule has 0 bridgehead atoms. The predicted molar refractivity (Wildman–Crippen MR) is 102 cm³/mol. The minimum Gasteiger partial charge on any atom is -0.452 e. The van der Waals surface area contributed by atoms with Gasteiger partial charge in [-0.25, -0.2) is 9.48 Å². The van der Waals surface area contributed by atoms with Crippen molar-refractivity contribution in [2.75, 3.05) is 6.61 Å². The van der Waals surface area contributed by atoms with E-state index in [9.17, 15) is 9.59 Å². The number of aromatic nitrogens is 4. The molecule has 0 radical (unpaired) electrons. The molecule has 3 aromatic rings. The molecular formula is C20H21N5O3. The van der Waals surface area contributed by atoms with Crippen LogP contribution in [0.5, 0.6) is 0 Å². The number of esters is 1. The van der Waals surface area contributed by atoms with Crippen molar-refractivity contribution in [2.24, 2.45) is 0 Å². The molecule has 2 aromatic carbocycles. The molecule has 1 aromatic heterocycles. The van der Waals surface area contributed by atoms with Crippen molar-refractivity contribution in [1.29, 1.82) is 0 Å². The van der Waals surface area contributed by atoms with Gasteiger partial charge >= 0.3 is 5.97 Å². The lowest BCUT2D eigenvalue weighted by molar-refractivity contribution is -0.125. The Hall–Kier alpha value is -3.55. The average Bonchev–Trinajstić information content (AvgIpc) is 3.26.